The summed E-state index contributed by atoms with van der Waals surface area (Å²) in [5, 5.41) is 0. The Kier molecular flexibility index (Phi) is 3.87. The molecule has 0 N–H and O–H groups in total. The number of rotatable bonds is 3. The summed E-state index contributed by atoms with van der Waals surface area (Å²) in [4.78, 5) is 37.8. The number of benzene rings is 1. The number of carbonyl (C=O) groups excluding carboxylic acids is 2. The van der Waals surface area contributed by atoms with Crippen LogP contribution < -0.4 is 5.43 Å². The van der Waals surface area contributed by atoms with Gasteiger partial charge in [0.2, 0.25) is 5.79 Å². The molecule has 0 radical (unpaired) electrons. The van der Waals surface area contributed by atoms with Crippen LogP contribution in [-0.4, -0.2) is 33.3 Å². The van der Waals surface area contributed by atoms with E-state index in [2.05, 4.69) is 0 Å². The number of hydrogen-bond donors (Lipinski definition) is 0. The van der Waals surface area contributed by atoms with Crippen molar-refractivity contribution < 1.29 is 28.5 Å². The molecule has 2 aliphatic heterocycles. The van der Waals surface area contributed by atoms with Crippen LogP contribution in [0.5, 0.6) is 0 Å². The Balaban J connectivity index is 2.13. The number of carbonyl (C=O) groups is 2. The molecule has 138 valence electrons. The Labute approximate surface area is 154 Å². The average molecular weight is 368 g/mol. The zero-order valence-electron chi connectivity index (χ0n) is 14.9. The summed E-state index contributed by atoms with van der Waals surface area (Å²) in [6.45, 7) is 0. The van der Waals surface area contributed by atoms with Gasteiger partial charge < -0.3 is 18.9 Å². The highest BCUT2D eigenvalue weighted by Crippen LogP contribution is 2.60. The Morgan fingerprint density at radius 2 is 1.74 bits per heavy atom. The number of methoxy groups -OCH3 is 3. The van der Waals surface area contributed by atoms with E-state index >= 15 is 0 Å². The summed E-state index contributed by atoms with van der Waals surface area (Å²) in [5.41, 5.74) is 1.55. The van der Waals surface area contributed by atoms with E-state index in [1.165, 1.54) is 27.4 Å². The minimum absolute atomic E-state index is 0.0737. The zero-order valence-corrected chi connectivity index (χ0v) is 14.9. The third-order valence-corrected chi connectivity index (χ3v) is 4.98. The molecule has 27 heavy (non-hydrogen) atoms. The summed E-state index contributed by atoms with van der Waals surface area (Å²) >= 11 is 0. The molecule has 0 saturated carbocycles. The quantitative estimate of drug-likeness (QED) is 0.762. The molecule has 0 amide bonds. The molecule has 4 aliphatic rings. The van der Waals surface area contributed by atoms with Gasteiger partial charge in [-0.25, -0.2) is 9.59 Å². The van der Waals surface area contributed by atoms with E-state index in [9.17, 15) is 14.4 Å². The smallest absolute Gasteiger partial charge is 0.340 e. The molecule has 7 heteroatoms. The molecule has 0 aromatic heterocycles. The van der Waals surface area contributed by atoms with Gasteiger partial charge in [-0.3, -0.25) is 4.79 Å². The molecule has 0 saturated heterocycles. The fourth-order valence-electron chi connectivity index (χ4n) is 3.91. The van der Waals surface area contributed by atoms with Crippen LogP contribution in [0.3, 0.4) is 0 Å². The van der Waals surface area contributed by atoms with Gasteiger partial charge in [0.25, 0.3) is 0 Å². The lowest BCUT2D eigenvalue weighted by atomic mass is 9.79. The molecule has 2 atom stereocenters. The topological polar surface area (TPSA) is 88.1 Å². The van der Waals surface area contributed by atoms with E-state index in [4.69, 9.17) is 18.9 Å². The second kappa shape index (κ2) is 6.00. The van der Waals surface area contributed by atoms with Crippen molar-refractivity contribution in [3.05, 3.63) is 68.9 Å². The molecule has 0 aromatic rings. The molecule has 0 spiro atoms. The molecule has 0 fully saturated rings. The highest BCUT2D eigenvalue weighted by molar-refractivity contribution is 6.05. The van der Waals surface area contributed by atoms with Crippen molar-refractivity contribution >= 4 is 11.9 Å². The lowest BCUT2D eigenvalue weighted by molar-refractivity contribution is -0.196. The molecular formula is C20H16O7. The molecule has 4 rings (SSSR count). The van der Waals surface area contributed by atoms with Gasteiger partial charge in [0.1, 0.15) is 11.7 Å². The summed E-state index contributed by atoms with van der Waals surface area (Å²) in [6.07, 6.45) is -1.07. The van der Waals surface area contributed by atoms with E-state index in [0.29, 0.717) is 16.7 Å². The third-order valence-electron chi connectivity index (χ3n) is 4.98. The maximum Gasteiger partial charge on any atom is 0.340 e. The summed E-state index contributed by atoms with van der Waals surface area (Å²) in [7, 11) is 3.74. The van der Waals surface area contributed by atoms with Gasteiger partial charge in [0.05, 0.1) is 19.8 Å². The molecule has 7 nitrogen and oxygen atoms in total. The van der Waals surface area contributed by atoms with Crippen molar-refractivity contribution in [1.29, 1.82) is 0 Å². The Bertz CT molecular complexity index is 1040. The van der Waals surface area contributed by atoms with E-state index in [1.54, 1.807) is 12.1 Å². The zero-order chi connectivity index (χ0) is 19.3. The highest BCUT2D eigenvalue weighted by Gasteiger charge is 2.63. The van der Waals surface area contributed by atoms with Crippen molar-refractivity contribution in [2.45, 2.75) is 11.9 Å². The van der Waals surface area contributed by atoms with Crippen LogP contribution in [0.4, 0.5) is 0 Å². The molecule has 2 heterocycles. The van der Waals surface area contributed by atoms with E-state index < -0.39 is 23.8 Å². The van der Waals surface area contributed by atoms with Gasteiger partial charge in [-0.05, 0) is 17.2 Å². The van der Waals surface area contributed by atoms with Crippen molar-refractivity contribution in [2.75, 3.05) is 21.3 Å². The fraction of sp³-hybridized carbons (Fsp3) is 0.250. The van der Waals surface area contributed by atoms with Gasteiger partial charge in [0.15, 0.2) is 5.43 Å². The van der Waals surface area contributed by atoms with Gasteiger partial charge in [-0.1, -0.05) is 30.3 Å². The Morgan fingerprint density at radius 3 is 2.41 bits per heavy atom. The summed E-state index contributed by atoms with van der Waals surface area (Å²) in [6, 6.07) is 10.5. The highest BCUT2D eigenvalue weighted by atomic mass is 16.7. The van der Waals surface area contributed by atoms with Crippen LogP contribution in [0, 0.1) is 0 Å². The fourth-order valence-corrected chi connectivity index (χ4v) is 3.91. The Morgan fingerprint density at radius 1 is 1.04 bits per heavy atom. The van der Waals surface area contributed by atoms with E-state index in [-0.39, 0.29) is 22.1 Å². The molecule has 2 unspecified atom stereocenters. The second-order valence-electron chi connectivity index (χ2n) is 6.17. The van der Waals surface area contributed by atoms with Crippen molar-refractivity contribution in [3.63, 3.8) is 0 Å². The normalized spacial score (nSPS) is 22.7. The van der Waals surface area contributed by atoms with Crippen LogP contribution in [0.15, 0.2) is 52.3 Å². The van der Waals surface area contributed by atoms with E-state index in [1.807, 2.05) is 18.2 Å². The van der Waals surface area contributed by atoms with Gasteiger partial charge in [-0.2, -0.15) is 0 Å². The predicted molar refractivity (Wildman–Crippen MR) is 92.9 cm³/mol. The SMILES string of the molecule is COC(=O)C1=C(C(=O)OC)C2(OC)OC1c1c2c2cccccc-2cc1=O. The van der Waals surface area contributed by atoms with Crippen LogP contribution in [-0.2, 0) is 34.3 Å². The first-order chi connectivity index (χ1) is 13.0. The average Bonchev–Trinajstić information content (AvgIpc) is 3.10. The van der Waals surface area contributed by atoms with Crippen molar-refractivity contribution in [2.24, 2.45) is 0 Å². The molecular weight excluding hydrogens is 352 g/mol. The number of esters is 2. The molecule has 2 aliphatic carbocycles. The maximum absolute atomic E-state index is 12.9. The molecule has 0 aromatic carbocycles. The number of hydrogen-bond acceptors (Lipinski definition) is 7. The van der Waals surface area contributed by atoms with Crippen LogP contribution in [0.25, 0.3) is 11.1 Å². The summed E-state index contributed by atoms with van der Waals surface area (Å²) < 4.78 is 21.3. The first-order valence-corrected chi connectivity index (χ1v) is 8.20. The summed E-state index contributed by atoms with van der Waals surface area (Å²) in [5.74, 6) is -3.28. The number of ether oxygens (including phenoxy) is 4. The molecule has 2 bridgehead atoms. The van der Waals surface area contributed by atoms with Crippen LogP contribution >= 0.6 is 0 Å². The lowest BCUT2D eigenvalue weighted by Crippen LogP contribution is -2.36. The van der Waals surface area contributed by atoms with Gasteiger partial charge >= 0.3 is 11.9 Å². The van der Waals surface area contributed by atoms with E-state index in [0.717, 1.165) is 0 Å². The standard InChI is InChI=1S/C20H16O7/c1-24-18(22)14-16(19(23)25-2)20(26-3)15-11-8-6-4-5-7-10(11)9-12(21)13(15)17(14)27-20/h4-9,17H,1-3H3. The van der Waals surface area contributed by atoms with Crippen molar-refractivity contribution in [1.82, 2.24) is 0 Å². The van der Waals surface area contributed by atoms with Crippen LogP contribution in [0.2, 0.25) is 0 Å². The van der Waals surface area contributed by atoms with Gasteiger partial charge in [-0.15, -0.1) is 0 Å². The first kappa shape index (κ1) is 17.4. The maximum atomic E-state index is 12.9. The third kappa shape index (κ3) is 2.12. The lowest BCUT2D eigenvalue weighted by Gasteiger charge is -2.29. The van der Waals surface area contributed by atoms with Crippen molar-refractivity contribution in [3.8, 4) is 11.1 Å². The minimum atomic E-state index is -1.72. The largest absolute Gasteiger partial charge is 0.466 e. The van der Waals surface area contributed by atoms with Gasteiger partial charge in [0, 0.05) is 18.2 Å². The second-order valence-corrected chi connectivity index (χ2v) is 6.17. The first-order valence-electron chi connectivity index (χ1n) is 8.20. The Hall–Kier alpha value is -3.03. The predicted octanol–water partition coefficient (Wildman–Crippen LogP) is 1.68. The minimum Gasteiger partial charge on any atom is -0.466 e. The van der Waals surface area contributed by atoms with Crippen LogP contribution in [0.1, 0.15) is 17.2 Å². The number of fused-ring (bicyclic) bond motifs is 7. The monoisotopic (exact) mass is 368 g/mol.